The van der Waals surface area contributed by atoms with Gasteiger partial charge in [-0.1, -0.05) is 13.3 Å². The van der Waals surface area contributed by atoms with Crippen LogP contribution in [0.25, 0.3) is 0 Å². The molecule has 17 heavy (non-hydrogen) atoms. The van der Waals surface area contributed by atoms with Crippen molar-refractivity contribution >= 4 is 12.0 Å². The van der Waals surface area contributed by atoms with Gasteiger partial charge >= 0.3 is 12.0 Å². The molecule has 0 aromatic heterocycles. The Bertz CT molecular complexity index is 279. The zero-order chi connectivity index (χ0) is 12.8. The van der Waals surface area contributed by atoms with Gasteiger partial charge in [0.1, 0.15) is 0 Å². The number of nitrogens with one attached hydrogen (secondary N) is 1. The van der Waals surface area contributed by atoms with Gasteiger partial charge in [0.25, 0.3) is 0 Å². The van der Waals surface area contributed by atoms with Crippen LogP contribution in [0.2, 0.25) is 0 Å². The van der Waals surface area contributed by atoms with Crippen LogP contribution in [0.15, 0.2) is 0 Å². The van der Waals surface area contributed by atoms with Gasteiger partial charge in [-0.05, 0) is 19.3 Å². The summed E-state index contributed by atoms with van der Waals surface area (Å²) in [5.74, 6) is -1.22. The van der Waals surface area contributed by atoms with Gasteiger partial charge in [0.2, 0.25) is 0 Å². The van der Waals surface area contributed by atoms with Crippen molar-refractivity contribution in [3.05, 3.63) is 0 Å². The van der Waals surface area contributed by atoms with Crippen LogP contribution in [0, 0.1) is 0 Å². The van der Waals surface area contributed by atoms with Gasteiger partial charge in [-0.25, -0.2) is 9.59 Å². The topological polar surface area (TPSA) is 89.9 Å². The predicted molar refractivity (Wildman–Crippen MR) is 61.7 cm³/mol. The number of aliphatic carboxylic acids is 1. The molecule has 0 aliphatic heterocycles. The number of carbonyl (C=O) groups is 2. The van der Waals surface area contributed by atoms with Crippen molar-refractivity contribution in [2.45, 2.75) is 44.7 Å². The molecule has 1 saturated carbocycles. The van der Waals surface area contributed by atoms with Crippen LogP contribution in [0.4, 0.5) is 4.79 Å². The summed E-state index contributed by atoms with van der Waals surface area (Å²) in [4.78, 5) is 24.2. The van der Waals surface area contributed by atoms with Crippen LogP contribution in [-0.2, 0) is 4.79 Å². The van der Waals surface area contributed by atoms with E-state index in [1.807, 2.05) is 6.92 Å². The first kappa shape index (κ1) is 13.8. The molecule has 6 heteroatoms. The number of carboxylic acids is 1. The second-order valence-corrected chi connectivity index (χ2v) is 4.30. The summed E-state index contributed by atoms with van der Waals surface area (Å²) in [6, 6.07) is -1.36. The van der Waals surface area contributed by atoms with Gasteiger partial charge in [-0.15, -0.1) is 0 Å². The Morgan fingerprint density at radius 1 is 1.47 bits per heavy atom. The molecule has 98 valence electrons. The van der Waals surface area contributed by atoms with Crippen molar-refractivity contribution in [3.63, 3.8) is 0 Å². The van der Waals surface area contributed by atoms with Gasteiger partial charge in [0.15, 0.2) is 6.04 Å². The molecule has 0 saturated heterocycles. The lowest BCUT2D eigenvalue weighted by molar-refractivity contribution is -0.140. The number of hydrogen-bond acceptors (Lipinski definition) is 3. The van der Waals surface area contributed by atoms with E-state index >= 15 is 0 Å². The Hall–Kier alpha value is -1.30. The third-order valence-electron chi connectivity index (χ3n) is 2.78. The maximum Gasteiger partial charge on any atom is 0.328 e. The first-order valence-corrected chi connectivity index (χ1v) is 6.01. The molecule has 0 heterocycles. The highest BCUT2D eigenvalue weighted by molar-refractivity contribution is 5.83. The van der Waals surface area contributed by atoms with Crippen LogP contribution in [-0.4, -0.2) is 52.3 Å². The standard InChI is InChI=1S/C11H20N2O4/c1-2-3-6-13(8-4-5-8)11(17)12-9(7-14)10(15)16/h8-9,14H,2-7H2,1H3,(H,12,17)(H,15,16)/t9-/m0/s1. The molecule has 0 aromatic rings. The summed E-state index contributed by atoms with van der Waals surface area (Å²) >= 11 is 0. The molecule has 0 unspecified atom stereocenters. The molecule has 1 aliphatic rings. The van der Waals surface area contributed by atoms with Gasteiger partial charge in [0, 0.05) is 12.6 Å². The van der Waals surface area contributed by atoms with Crippen LogP contribution < -0.4 is 5.32 Å². The van der Waals surface area contributed by atoms with E-state index in [9.17, 15) is 9.59 Å². The number of aliphatic hydroxyl groups is 1. The summed E-state index contributed by atoms with van der Waals surface area (Å²) in [5, 5.41) is 19.9. The Balaban J connectivity index is 2.49. The Morgan fingerprint density at radius 3 is 2.53 bits per heavy atom. The second-order valence-electron chi connectivity index (χ2n) is 4.30. The smallest absolute Gasteiger partial charge is 0.328 e. The Labute approximate surface area is 101 Å². The zero-order valence-corrected chi connectivity index (χ0v) is 10.1. The van der Waals surface area contributed by atoms with Crippen LogP contribution in [0.3, 0.4) is 0 Å². The van der Waals surface area contributed by atoms with Crippen molar-refractivity contribution in [1.82, 2.24) is 10.2 Å². The van der Waals surface area contributed by atoms with E-state index in [4.69, 9.17) is 10.2 Å². The first-order valence-electron chi connectivity index (χ1n) is 6.01. The van der Waals surface area contributed by atoms with E-state index < -0.39 is 18.6 Å². The lowest BCUT2D eigenvalue weighted by atomic mass is 10.3. The molecule has 3 N–H and O–H groups in total. The highest BCUT2D eigenvalue weighted by Crippen LogP contribution is 2.27. The van der Waals surface area contributed by atoms with Crippen molar-refractivity contribution in [1.29, 1.82) is 0 Å². The van der Waals surface area contributed by atoms with Gasteiger partial charge < -0.3 is 20.4 Å². The van der Waals surface area contributed by atoms with Crippen molar-refractivity contribution in [2.75, 3.05) is 13.2 Å². The first-order chi connectivity index (χ1) is 8.10. The average molecular weight is 244 g/mol. The summed E-state index contributed by atoms with van der Waals surface area (Å²) in [6.07, 6.45) is 3.85. The number of nitrogens with zero attached hydrogens (tertiary/aromatic N) is 1. The molecule has 1 aliphatic carbocycles. The summed E-state index contributed by atoms with van der Waals surface area (Å²) in [5.41, 5.74) is 0. The number of urea groups is 1. The molecule has 1 atom stereocenters. The van der Waals surface area contributed by atoms with Gasteiger partial charge in [0.05, 0.1) is 6.61 Å². The largest absolute Gasteiger partial charge is 0.480 e. The highest BCUT2D eigenvalue weighted by Gasteiger charge is 2.33. The molecular weight excluding hydrogens is 224 g/mol. The molecule has 0 spiro atoms. The monoisotopic (exact) mass is 244 g/mol. The fourth-order valence-corrected chi connectivity index (χ4v) is 1.58. The quantitative estimate of drug-likeness (QED) is 0.605. The lowest BCUT2D eigenvalue weighted by Crippen LogP contribution is -2.50. The summed E-state index contributed by atoms with van der Waals surface area (Å²) < 4.78 is 0. The number of amides is 2. The summed E-state index contributed by atoms with van der Waals surface area (Å²) in [6.45, 7) is 2.09. The number of unbranched alkanes of at least 4 members (excludes halogenated alkanes) is 1. The molecule has 0 aromatic carbocycles. The highest BCUT2D eigenvalue weighted by atomic mass is 16.4. The van der Waals surface area contributed by atoms with Crippen molar-refractivity contribution in [3.8, 4) is 0 Å². The average Bonchev–Trinajstić information content (AvgIpc) is 3.10. The molecule has 1 rings (SSSR count). The van der Waals surface area contributed by atoms with Crippen molar-refractivity contribution < 1.29 is 19.8 Å². The molecule has 2 amide bonds. The van der Waals surface area contributed by atoms with Crippen LogP contribution in [0.1, 0.15) is 32.6 Å². The maximum atomic E-state index is 11.8. The lowest BCUT2D eigenvalue weighted by Gasteiger charge is -2.24. The summed E-state index contributed by atoms with van der Waals surface area (Å²) in [7, 11) is 0. The van der Waals surface area contributed by atoms with Gasteiger partial charge in [-0.2, -0.15) is 0 Å². The minimum atomic E-state index is -1.22. The molecule has 0 radical (unpaired) electrons. The molecule has 1 fully saturated rings. The predicted octanol–water partition coefficient (Wildman–Crippen LogP) is 0.406. The number of carboxylic acid groups (broad SMARTS) is 1. The van der Waals surface area contributed by atoms with Crippen molar-refractivity contribution in [2.24, 2.45) is 0 Å². The Kier molecular flexibility index (Phi) is 5.21. The van der Waals surface area contributed by atoms with E-state index in [0.29, 0.717) is 6.54 Å². The fraction of sp³-hybridized carbons (Fsp3) is 0.818. The minimum absolute atomic E-state index is 0.245. The minimum Gasteiger partial charge on any atom is -0.480 e. The van der Waals surface area contributed by atoms with E-state index in [1.54, 1.807) is 4.90 Å². The molecule has 0 bridgehead atoms. The fourth-order valence-electron chi connectivity index (χ4n) is 1.58. The van der Waals surface area contributed by atoms with E-state index in [2.05, 4.69) is 5.32 Å². The van der Waals surface area contributed by atoms with E-state index in [1.165, 1.54) is 0 Å². The molecule has 6 nitrogen and oxygen atoms in total. The Morgan fingerprint density at radius 2 is 2.12 bits per heavy atom. The molecular formula is C11H20N2O4. The number of hydrogen-bond donors (Lipinski definition) is 3. The third kappa shape index (κ3) is 4.22. The zero-order valence-electron chi connectivity index (χ0n) is 10.1. The number of aliphatic hydroxyl groups excluding tert-OH is 1. The SMILES string of the molecule is CCCCN(C(=O)N[C@@H](CO)C(=O)O)C1CC1. The van der Waals surface area contributed by atoms with E-state index in [-0.39, 0.29) is 12.1 Å². The normalized spacial score (nSPS) is 16.4. The maximum absolute atomic E-state index is 11.8. The number of rotatable bonds is 7. The third-order valence-corrected chi connectivity index (χ3v) is 2.78. The second kappa shape index (κ2) is 6.44. The van der Waals surface area contributed by atoms with Crippen LogP contribution >= 0.6 is 0 Å². The van der Waals surface area contributed by atoms with Gasteiger partial charge in [-0.3, -0.25) is 0 Å². The van der Waals surface area contributed by atoms with E-state index in [0.717, 1.165) is 25.7 Å². The van der Waals surface area contributed by atoms with Crippen LogP contribution in [0.5, 0.6) is 0 Å². The number of carbonyl (C=O) groups excluding carboxylic acids is 1.